The molecule has 1 aromatic heterocycles. The number of aromatic nitrogens is 1. The van der Waals surface area contributed by atoms with Crippen LogP contribution < -0.4 is 5.32 Å². The van der Waals surface area contributed by atoms with Gasteiger partial charge in [0.15, 0.2) is 11.1 Å². The number of nitrogens with zero attached hydrogens (tertiary/aromatic N) is 1. The molecule has 0 saturated heterocycles. The van der Waals surface area contributed by atoms with E-state index in [0.29, 0.717) is 19.6 Å². The van der Waals surface area contributed by atoms with Crippen LogP contribution in [0.4, 0.5) is 4.79 Å². The first-order valence-corrected chi connectivity index (χ1v) is 11.6. The molecule has 1 heterocycles. The third-order valence-electron chi connectivity index (χ3n) is 5.01. The molecular formula is C24H28N2O4S. The number of amides is 1. The molecule has 1 amide bonds. The number of carbonyl (C=O) groups excluding carboxylic acids is 1. The van der Waals surface area contributed by atoms with Crippen LogP contribution in [0.5, 0.6) is 0 Å². The summed E-state index contributed by atoms with van der Waals surface area (Å²) in [6.45, 7) is 4.94. The van der Waals surface area contributed by atoms with Gasteiger partial charge in [0.2, 0.25) is 0 Å². The Hall–Kier alpha value is -2.90. The minimum absolute atomic E-state index is 0.115. The van der Waals surface area contributed by atoms with Gasteiger partial charge in [0.1, 0.15) is 0 Å². The Balaban J connectivity index is 1.88. The number of hydrogen-bond acceptors (Lipinski definition) is 3. The van der Waals surface area contributed by atoms with Crippen molar-refractivity contribution in [3.05, 3.63) is 77.5 Å². The summed E-state index contributed by atoms with van der Waals surface area (Å²) in [4.78, 5) is 11.7. The van der Waals surface area contributed by atoms with Crippen LogP contribution in [0.2, 0.25) is 0 Å². The fourth-order valence-corrected chi connectivity index (χ4v) is 3.97. The van der Waals surface area contributed by atoms with E-state index in [1.165, 1.54) is 0 Å². The lowest BCUT2D eigenvalue weighted by Crippen LogP contribution is -2.26. The zero-order valence-electron chi connectivity index (χ0n) is 17.8. The minimum Gasteiger partial charge on any atom is -0.450 e. The molecule has 2 N–H and O–H groups in total. The number of nitrogens with one attached hydrogen (secondary N) is 1. The Morgan fingerprint density at radius 1 is 1.13 bits per heavy atom. The first-order valence-electron chi connectivity index (χ1n) is 10.3. The molecule has 3 rings (SSSR count). The maximum absolute atomic E-state index is 11.7. The molecule has 0 bridgehead atoms. The smallest absolute Gasteiger partial charge is 0.407 e. The van der Waals surface area contributed by atoms with Crippen LogP contribution in [0.15, 0.2) is 60.7 Å². The number of alkyl carbamates (subject to hydrolysis) is 1. The highest BCUT2D eigenvalue weighted by Gasteiger charge is 2.15. The SMILES string of the molecule is CCCOC(=O)NCCc1cc(-c2ccc(CS(=O)O)cc2)n(-c2ccccc2)c1C. The van der Waals surface area contributed by atoms with Crippen LogP contribution in [0.3, 0.4) is 0 Å². The Labute approximate surface area is 185 Å². The zero-order chi connectivity index (χ0) is 22.2. The van der Waals surface area contributed by atoms with Crippen LogP contribution in [0.1, 0.15) is 30.2 Å². The Kier molecular flexibility index (Phi) is 8.03. The van der Waals surface area contributed by atoms with Crippen molar-refractivity contribution in [2.24, 2.45) is 0 Å². The number of carbonyl (C=O) groups is 1. The predicted octanol–water partition coefficient (Wildman–Crippen LogP) is 4.85. The van der Waals surface area contributed by atoms with Gasteiger partial charge in [-0.25, -0.2) is 9.00 Å². The molecular weight excluding hydrogens is 412 g/mol. The van der Waals surface area contributed by atoms with Gasteiger partial charge in [0.25, 0.3) is 0 Å². The van der Waals surface area contributed by atoms with Gasteiger partial charge in [-0.2, -0.15) is 0 Å². The zero-order valence-corrected chi connectivity index (χ0v) is 18.7. The molecule has 0 aliphatic heterocycles. The summed E-state index contributed by atoms with van der Waals surface area (Å²) in [6.07, 6.45) is 1.09. The average molecular weight is 441 g/mol. The van der Waals surface area contributed by atoms with Gasteiger partial charge in [-0.1, -0.05) is 49.4 Å². The van der Waals surface area contributed by atoms with Gasteiger partial charge in [-0.3, -0.25) is 0 Å². The number of benzene rings is 2. The Morgan fingerprint density at radius 3 is 2.48 bits per heavy atom. The van der Waals surface area contributed by atoms with E-state index in [0.717, 1.165) is 40.2 Å². The highest BCUT2D eigenvalue weighted by molar-refractivity contribution is 7.78. The molecule has 0 aliphatic rings. The monoisotopic (exact) mass is 440 g/mol. The van der Waals surface area contributed by atoms with E-state index in [-0.39, 0.29) is 11.8 Å². The summed E-state index contributed by atoms with van der Waals surface area (Å²) >= 11 is -1.86. The quantitative estimate of drug-likeness (QED) is 0.466. The molecule has 0 aliphatic carbocycles. The molecule has 0 fully saturated rings. The normalized spacial score (nSPS) is 11.8. The van der Waals surface area contributed by atoms with Gasteiger partial charge in [0, 0.05) is 17.9 Å². The molecule has 0 saturated carbocycles. The summed E-state index contributed by atoms with van der Waals surface area (Å²) < 4.78 is 27.5. The van der Waals surface area contributed by atoms with Crippen molar-refractivity contribution in [1.29, 1.82) is 0 Å². The van der Waals surface area contributed by atoms with Gasteiger partial charge >= 0.3 is 6.09 Å². The number of hydrogen-bond donors (Lipinski definition) is 2. The lowest BCUT2D eigenvalue weighted by atomic mass is 10.1. The van der Waals surface area contributed by atoms with E-state index in [4.69, 9.17) is 9.29 Å². The first-order chi connectivity index (χ1) is 15.0. The number of para-hydroxylation sites is 1. The molecule has 2 aromatic carbocycles. The molecule has 6 nitrogen and oxygen atoms in total. The van der Waals surface area contributed by atoms with Crippen LogP contribution in [0, 0.1) is 6.92 Å². The van der Waals surface area contributed by atoms with E-state index < -0.39 is 11.1 Å². The number of rotatable bonds is 9. The fraction of sp³-hybridized carbons (Fsp3) is 0.292. The van der Waals surface area contributed by atoms with Gasteiger partial charge < -0.3 is 19.2 Å². The van der Waals surface area contributed by atoms with E-state index in [9.17, 15) is 9.00 Å². The van der Waals surface area contributed by atoms with Crippen molar-refractivity contribution in [3.63, 3.8) is 0 Å². The van der Waals surface area contributed by atoms with E-state index in [2.05, 4.69) is 35.0 Å². The van der Waals surface area contributed by atoms with Crippen molar-refractivity contribution in [3.8, 4) is 16.9 Å². The van der Waals surface area contributed by atoms with Crippen molar-refractivity contribution >= 4 is 17.2 Å². The van der Waals surface area contributed by atoms with Crippen LogP contribution in [-0.2, 0) is 28.0 Å². The lowest BCUT2D eigenvalue weighted by molar-refractivity contribution is 0.146. The second-order valence-electron chi connectivity index (χ2n) is 7.29. The largest absolute Gasteiger partial charge is 0.450 e. The third kappa shape index (κ3) is 6.06. The Bertz CT molecular complexity index is 1030. The third-order valence-corrected chi connectivity index (χ3v) is 5.59. The molecule has 1 atom stereocenters. The second-order valence-corrected chi connectivity index (χ2v) is 8.22. The Morgan fingerprint density at radius 2 is 1.84 bits per heavy atom. The summed E-state index contributed by atoms with van der Waals surface area (Å²) in [5.41, 5.74) is 6.15. The second kappa shape index (κ2) is 10.9. The van der Waals surface area contributed by atoms with Crippen molar-refractivity contribution in [2.45, 2.75) is 32.4 Å². The summed E-state index contributed by atoms with van der Waals surface area (Å²) in [7, 11) is 0. The molecule has 0 radical (unpaired) electrons. The highest BCUT2D eigenvalue weighted by Crippen LogP contribution is 2.30. The standard InChI is InChI=1S/C24H28N2O4S/c1-3-15-30-24(27)25-14-13-21-16-23(20-11-9-19(10-12-20)17-31(28)29)26(18(21)2)22-7-5-4-6-8-22/h4-12,16H,3,13-15,17H2,1-2H3,(H,25,27)(H,28,29). The average Bonchev–Trinajstić information content (AvgIpc) is 3.09. The molecule has 7 heteroatoms. The predicted molar refractivity (Wildman–Crippen MR) is 124 cm³/mol. The van der Waals surface area contributed by atoms with Crippen molar-refractivity contribution in [1.82, 2.24) is 9.88 Å². The van der Waals surface area contributed by atoms with Crippen LogP contribution >= 0.6 is 0 Å². The minimum atomic E-state index is -1.86. The van der Waals surface area contributed by atoms with Crippen LogP contribution in [-0.4, -0.2) is 32.6 Å². The van der Waals surface area contributed by atoms with Crippen LogP contribution in [0.25, 0.3) is 16.9 Å². The maximum Gasteiger partial charge on any atom is 0.407 e. The lowest BCUT2D eigenvalue weighted by Gasteiger charge is -2.13. The molecule has 1 unspecified atom stereocenters. The van der Waals surface area contributed by atoms with Gasteiger partial charge in [-0.05, 0) is 54.7 Å². The van der Waals surface area contributed by atoms with Gasteiger partial charge in [0.05, 0.1) is 18.1 Å². The first kappa shape index (κ1) is 22.8. The fourth-order valence-electron chi connectivity index (χ4n) is 3.49. The maximum atomic E-state index is 11.7. The summed E-state index contributed by atoms with van der Waals surface area (Å²) in [5, 5.41) is 2.80. The molecule has 164 valence electrons. The highest BCUT2D eigenvalue weighted by atomic mass is 32.2. The van der Waals surface area contributed by atoms with Crippen molar-refractivity contribution in [2.75, 3.05) is 13.2 Å². The number of ether oxygens (including phenoxy) is 1. The topological polar surface area (TPSA) is 80.6 Å². The molecule has 3 aromatic rings. The molecule has 0 spiro atoms. The molecule has 31 heavy (non-hydrogen) atoms. The van der Waals surface area contributed by atoms with E-state index >= 15 is 0 Å². The summed E-state index contributed by atoms with van der Waals surface area (Å²) in [6, 6.07) is 20.0. The van der Waals surface area contributed by atoms with E-state index in [1.54, 1.807) is 0 Å². The summed E-state index contributed by atoms with van der Waals surface area (Å²) in [5.74, 6) is 0.115. The van der Waals surface area contributed by atoms with Crippen molar-refractivity contribution < 1.29 is 18.3 Å². The van der Waals surface area contributed by atoms with Gasteiger partial charge in [-0.15, -0.1) is 0 Å². The van der Waals surface area contributed by atoms with E-state index in [1.807, 2.05) is 49.4 Å².